The van der Waals surface area contributed by atoms with Gasteiger partial charge in [0.1, 0.15) is 6.23 Å². The Hall–Kier alpha value is -2.08. The van der Waals surface area contributed by atoms with Crippen LogP contribution in [0.15, 0.2) is 24.3 Å². The Bertz CT molecular complexity index is 599. The number of hydrogen-bond donors (Lipinski definition) is 1. The number of methoxy groups -OCH3 is 1. The first-order valence-electron chi connectivity index (χ1n) is 9.48. The van der Waals surface area contributed by atoms with Crippen molar-refractivity contribution in [2.24, 2.45) is 0 Å². The third-order valence-corrected chi connectivity index (χ3v) is 4.90. The third-order valence-electron chi connectivity index (χ3n) is 4.90. The van der Waals surface area contributed by atoms with E-state index in [1.54, 1.807) is 6.07 Å². The molecule has 1 N–H and O–H groups in total. The summed E-state index contributed by atoms with van der Waals surface area (Å²) >= 11 is 0. The van der Waals surface area contributed by atoms with Crippen molar-refractivity contribution in [1.82, 2.24) is 9.80 Å². The predicted molar refractivity (Wildman–Crippen MR) is 100 cm³/mol. The van der Waals surface area contributed by atoms with E-state index in [-0.39, 0.29) is 12.5 Å². The average Bonchev–Trinajstić information content (AvgIpc) is 2.68. The number of carbonyl (C=O) groups excluding carboxylic acids is 1. The van der Waals surface area contributed by atoms with Gasteiger partial charge in [-0.15, -0.1) is 0 Å². The van der Waals surface area contributed by atoms with Gasteiger partial charge in [-0.3, -0.25) is 9.69 Å². The molecule has 1 saturated heterocycles. The van der Waals surface area contributed by atoms with Gasteiger partial charge in [-0.2, -0.15) is 0 Å². The van der Waals surface area contributed by atoms with Crippen LogP contribution in [0.3, 0.4) is 0 Å². The van der Waals surface area contributed by atoms with Crippen molar-refractivity contribution in [3.8, 4) is 0 Å². The van der Waals surface area contributed by atoms with Crippen LogP contribution in [0.25, 0.3) is 0 Å². The van der Waals surface area contributed by atoms with Gasteiger partial charge < -0.3 is 14.7 Å². The van der Waals surface area contributed by atoms with Crippen LogP contribution >= 0.6 is 0 Å². The summed E-state index contributed by atoms with van der Waals surface area (Å²) in [7, 11) is 1.53. The molecule has 2 rings (SSSR count). The monoisotopic (exact) mass is 362 g/mol. The number of hydrogen-bond acceptors (Lipinski definition) is 3. The highest BCUT2D eigenvalue weighted by Gasteiger charge is 2.26. The van der Waals surface area contributed by atoms with Gasteiger partial charge in [0.05, 0.1) is 6.54 Å². The minimum Gasteiger partial charge on any atom is -0.465 e. The second-order valence-electron chi connectivity index (χ2n) is 6.75. The van der Waals surface area contributed by atoms with E-state index in [1.165, 1.54) is 12.0 Å². The summed E-state index contributed by atoms with van der Waals surface area (Å²) in [5.41, 5.74) is 1.31. The number of carbonyl (C=O) groups is 2. The number of unbranched alkanes of at least 4 members (excludes halogenated alkanes) is 1. The molecule has 1 aromatic carbocycles. The number of carboxylic acid groups (broad SMARTS) is 1. The zero-order chi connectivity index (χ0) is 18.9. The molecule has 1 fully saturated rings. The Balaban J connectivity index is 2.20. The van der Waals surface area contributed by atoms with Crippen LogP contribution in [0.4, 0.5) is 4.79 Å². The summed E-state index contributed by atoms with van der Waals surface area (Å²) in [5, 5.41) is 9.66. The zero-order valence-electron chi connectivity index (χ0n) is 15.8. The van der Waals surface area contributed by atoms with Crippen LogP contribution in [0, 0.1) is 0 Å². The lowest BCUT2D eigenvalue weighted by Crippen LogP contribution is -2.41. The highest BCUT2D eigenvalue weighted by atomic mass is 16.5. The summed E-state index contributed by atoms with van der Waals surface area (Å²) in [4.78, 5) is 27.9. The molecule has 1 aliphatic heterocycles. The smallest absolute Gasteiger partial charge is 0.409 e. The van der Waals surface area contributed by atoms with Crippen molar-refractivity contribution in [3.05, 3.63) is 35.4 Å². The second kappa shape index (κ2) is 10.2. The van der Waals surface area contributed by atoms with Crippen molar-refractivity contribution in [2.75, 3.05) is 20.2 Å². The van der Waals surface area contributed by atoms with Gasteiger partial charge in [0.15, 0.2) is 0 Å². The molecule has 1 aromatic rings. The predicted octanol–water partition coefficient (Wildman–Crippen LogP) is 3.96. The Labute approximate surface area is 155 Å². The summed E-state index contributed by atoms with van der Waals surface area (Å²) in [6.45, 7) is 3.75. The molecule has 0 spiro atoms. The molecule has 26 heavy (non-hydrogen) atoms. The van der Waals surface area contributed by atoms with E-state index in [1.807, 2.05) is 23.1 Å². The summed E-state index contributed by atoms with van der Waals surface area (Å²) < 4.78 is 5.41. The van der Waals surface area contributed by atoms with Crippen molar-refractivity contribution in [1.29, 1.82) is 0 Å². The van der Waals surface area contributed by atoms with Gasteiger partial charge in [0.25, 0.3) is 5.91 Å². The topological polar surface area (TPSA) is 70.1 Å². The lowest BCUT2D eigenvalue weighted by molar-refractivity contribution is -0.0313. The molecule has 6 heteroatoms. The van der Waals surface area contributed by atoms with Crippen molar-refractivity contribution >= 4 is 12.0 Å². The van der Waals surface area contributed by atoms with Crippen molar-refractivity contribution in [3.63, 3.8) is 0 Å². The SMILES string of the molecule is CCCCC(OC)N(Cc1ccccc1C(=O)N1CCCCC1)C(=O)O. The van der Waals surface area contributed by atoms with E-state index < -0.39 is 12.3 Å². The third kappa shape index (κ3) is 5.21. The summed E-state index contributed by atoms with van der Waals surface area (Å²) in [5.74, 6) is -0.00633. The number of likely N-dealkylation sites (tertiary alicyclic amines) is 1. The van der Waals surface area contributed by atoms with Crippen molar-refractivity contribution < 1.29 is 19.4 Å². The lowest BCUT2D eigenvalue weighted by Gasteiger charge is -2.30. The number of rotatable bonds is 8. The highest BCUT2D eigenvalue weighted by molar-refractivity contribution is 5.95. The maximum atomic E-state index is 12.9. The average molecular weight is 362 g/mol. The van der Waals surface area contributed by atoms with Crippen LogP contribution in [-0.2, 0) is 11.3 Å². The van der Waals surface area contributed by atoms with Crippen LogP contribution < -0.4 is 0 Å². The maximum absolute atomic E-state index is 12.9. The number of piperidine rings is 1. The van der Waals surface area contributed by atoms with Gasteiger partial charge in [0.2, 0.25) is 0 Å². The van der Waals surface area contributed by atoms with Crippen LogP contribution in [0.2, 0.25) is 0 Å². The van der Waals surface area contributed by atoms with E-state index in [9.17, 15) is 14.7 Å². The number of benzene rings is 1. The molecule has 1 atom stereocenters. The number of ether oxygens (including phenoxy) is 1. The van der Waals surface area contributed by atoms with E-state index in [0.717, 1.165) is 50.8 Å². The van der Waals surface area contributed by atoms with E-state index >= 15 is 0 Å². The van der Waals surface area contributed by atoms with Crippen molar-refractivity contribution in [2.45, 2.75) is 58.2 Å². The molecular weight excluding hydrogens is 332 g/mol. The number of amides is 2. The molecular formula is C20H30N2O4. The lowest BCUT2D eigenvalue weighted by atomic mass is 10.0. The molecule has 1 unspecified atom stereocenters. The summed E-state index contributed by atoms with van der Waals surface area (Å²) in [6.07, 6.45) is 4.16. The standard InChI is InChI=1S/C20H30N2O4/c1-3-4-12-18(26-2)22(20(24)25)15-16-10-6-7-11-17(16)19(23)21-13-8-5-9-14-21/h6-7,10-11,18H,3-5,8-9,12-15H2,1-2H3,(H,24,25). The number of nitrogens with zero attached hydrogens (tertiary/aromatic N) is 2. The van der Waals surface area contributed by atoms with Gasteiger partial charge in [-0.05, 0) is 43.7 Å². The fourth-order valence-corrected chi connectivity index (χ4v) is 3.39. The van der Waals surface area contributed by atoms with E-state index in [2.05, 4.69) is 6.92 Å². The molecule has 1 heterocycles. The second-order valence-corrected chi connectivity index (χ2v) is 6.75. The largest absolute Gasteiger partial charge is 0.465 e. The fraction of sp³-hybridized carbons (Fsp3) is 0.600. The Kier molecular flexibility index (Phi) is 7.91. The molecule has 0 aromatic heterocycles. The summed E-state index contributed by atoms with van der Waals surface area (Å²) in [6, 6.07) is 7.30. The molecule has 0 saturated carbocycles. The van der Waals surface area contributed by atoms with Crippen LogP contribution in [-0.4, -0.2) is 53.3 Å². The first kappa shape index (κ1) is 20.2. The van der Waals surface area contributed by atoms with E-state index in [4.69, 9.17) is 4.74 Å². The molecule has 144 valence electrons. The fourth-order valence-electron chi connectivity index (χ4n) is 3.39. The maximum Gasteiger partial charge on any atom is 0.409 e. The molecule has 0 radical (unpaired) electrons. The molecule has 6 nitrogen and oxygen atoms in total. The van der Waals surface area contributed by atoms with Gasteiger partial charge in [-0.1, -0.05) is 31.5 Å². The Morgan fingerprint density at radius 2 is 1.92 bits per heavy atom. The molecule has 2 amide bonds. The molecule has 1 aliphatic rings. The zero-order valence-corrected chi connectivity index (χ0v) is 15.8. The first-order valence-corrected chi connectivity index (χ1v) is 9.48. The van der Waals surface area contributed by atoms with E-state index in [0.29, 0.717) is 12.0 Å². The van der Waals surface area contributed by atoms with Gasteiger partial charge in [0, 0.05) is 25.8 Å². The Morgan fingerprint density at radius 3 is 2.54 bits per heavy atom. The molecule has 0 bridgehead atoms. The van der Waals surface area contributed by atoms with Gasteiger partial charge >= 0.3 is 6.09 Å². The Morgan fingerprint density at radius 1 is 1.23 bits per heavy atom. The highest BCUT2D eigenvalue weighted by Crippen LogP contribution is 2.20. The minimum absolute atomic E-state index is 0.00633. The van der Waals surface area contributed by atoms with Gasteiger partial charge in [-0.25, -0.2) is 4.79 Å². The minimum atomic E-state index is -1.03. The molecule has 0 aliphatic carbocycles. The quantitative estimate of drug-likeness (QED) is 0.711. The normalized spacial score (nSPS) is 15.5. The van der Waals surface area contributed by atoms with Crippen LogP contribution in [0.1, 0.15) is 61.4 Å². The first-order chi connectivity index (χ1) is 12.6. The van der Waals surface area contributed by atoms with Crippen LogP contribution in [0.5, 0.6) is 0 Å².